The average Bonchev–Trinajstić information content (AvgIpc) is 2.69. The van der Waals surface area contributed by atoms with Crippen molar-refractivity contribution in [2.45, 2.75) is 25.3 Å². The highest BCUT2D eigenvalue weighted by molar-refractivity contribution is 7.86. The second kappa shape index (κ2) is 8.21. The minimum Gasteiger partial charge on any atom is -0.478 e. The van der Waals surface area contributed by atoms with Gasteiger partial charge in [-0.25, -0.2) is 4.79 Å². The first-order valence-corrected chi connectivity index (χ1v) is 10.4. The van der Waals surface area contributed by atoms with E-state index in [1.54, 1.807) is 25.2 Å². The van der Waals surface area contributed by atoms with Crippen molar-refractivity contribution in [1.29, 1.82) is 0 Å². The first-order chi connectivity index (χ1) is 12.9. The minimum absolute atomic E-state index is 0.00190. The van der Waals surface area contributed by atoms with E-state index in [1.165, 1.54) is 8.61 Å². The van der Waals surface area contributed by atoms with E-state index in [1.807, 2.05) is 36.4 Å². The molecule has 3 rings (SSSR count). The zero-order valence-electron chi connectivity index (χ0n) is 15.3. The Morgan fingerprint density at radius 1 is 1.19 bits per heavy atom. The van der Waals surface area contributed by atoms with Gasteiger partial charge in [0.2, 0.25) is 0 Å². The van der Waals surface area contributed by atoms with E-state index in [0.717, 1.165) is 24.0 Å². The Hall–Kier alpha value is -2.22. The van der Waals surface area contributed by atoms with Crippen LogP contribution in [0.25, 0.3) is 0 Å². The number of carbonyl (C=O) groups is 1. The second-order valence-corrected chi connectivity index (χ2v) is 8.91. The molecule has 1 N–H and O–H groups in total. The van der Waals surface area contributed by atoms with Crippen LogP contribution in [0.4, 0.5) is 0 Å². The van der Waals surface area contributed by atoms with Crippen molar-refractivity contribution in [3.63, 3.8) is 0 Å². The van der Waals surface area contributed by atoms with E-state index in [0.29, 0.717) is 19.6 Å². The number of carboxylic acid groups (broad SMARTS) is 1. The Morgan fingerprint density at radius 3 is 2.63 bits per heavy atom. The van der Waals surface area contributed by atoms with Gasteiger partial charge in [-0.15, -0.1) is 0 Å². The van der Waals surface area contributed by atoms with Crippen LogP contribution in [0.1, 0.15) is 40.2 Å². The number of nitrogens with zero attached hydrogens (tertiary/aromatic N) is 2. The van der Waals surface area contributed by atoms with Gasteiger partial charge in [0.05, 0.1) is 5.56 Å². The van der Waals surface area contributed by atoms with E-state index >= 15 is 0 Å². The van der Waals surface area contributed by atoms with Gasteiger partial charge < -0.3 is 5.11 Å². The fraction of sp³-hybridized carbons (Fsp3) is 0.350. The summed E-state index contributed by atoms with van der Waals surface area (Å²) in [5, 5.41) is 9.19. The van der Waals surface area contributed by atoms with E-state index in [4.69, 9.17) is 0 Å². The molecule has 0 radical (unpaired) electrons. The van der Waals surface area contributed by atoms with Crippen molar-refractivity contribution < 1.29 is 18.3 Å². The van der Waals surface area contributed by atoms with E-state index in [9.17, 15) is 18.3 Å². The lowest BCUT2D eigenvalue weighted by molar-refractivity contribution is 0.0696. The van der Waals surface area contributed by atoms with Gasteiger partial charge in [-0.2, -0.15) is 17.0 Å². The van der Waals surface area contributed by atoms with Gasteiger partial charge >= 0.3 is 5.97 Å². The van der Waals surface area contributed by atoms with E-state index in [-0.39, 0.29) is 11.5 Å². The van der Waals surface area contributed by atoms with Gasteiger partial charge in [-0.1, -0.05) is 42.5 Å². The monoisotopic (exact) mass is 388 g/mol. The third-order valence-corrected chi connectivity index (χ3v) is 6.86. The summed E-state index contributed by atoms with van der Waals surface area (Å²) in [5.41, 5.74) is 2.04. The number of hydrogen-bond acceptors (Lipinski definition) is 3. The van der Waals surface area contributed by atoms with Crippen molar-refractivity contribution >= 4 is 16.2 Å². The molecule has 6 nitrogen and oxygen atoms in total. The number of hydrogen-bond donors (Lipinski definition) is 1. The molecule has 1 fully saturated rings. The quantitative estimate of drug-likeness (QED) is 0.825. The lowest BCUT2D eigenvalue weighted by atomic mass is 9.91. The number of aromatic carboxylic acids is 1. The molecular formula is C20H24N2O4S. The molecule has 0 amide bonds. The van der Waals surface area contributed by atoms with Crippen LogP contribution in [-0.2, 0) is 16.8 Å². The Morgan fingerprint density at radius 2 is 1.93 bits per heavy atom. The predicted molar refractivity (Wildman–Crippen MR) is 104 cm³/mol. The summed E-state index contributed by atoms with van der Waals surface area (Å²) in [6.45, 7) is 1.17. The molecule has 0 saturated carbocycles. The Kier molecular flexibility index (Phi) is 5.94. The first-order valence-electron chi connectivity index (χ1n) is 8.96. The smallest absolute Gasteiger partial charge is 0.335 e. The minimum atomic E-state index is -3.58. The predicted octanol–water partition coefficient (Wildman–Crippen LogP) is 2.94. The Balaban J connectivity index is 1.74. The number of carboxylic acids is 1. The highest BCUT2D eigenvalue weighted by Gasteiger charge is 2.32. The van der Waals surface area contributed by atoms with Gasteiger partial charge in [-0.3, -0.25) is 0 Å². The fourth-order valence-corrected chi connectivity index (χ4v) is 4.90. The molecule has 1 aliphatic rings. The highest BCUT2D eigenvalue weighted by atomic mass is 32.2. The molecule has 144 valence electrons. The Bertz CT molecular complexity index is 899. The van der Waals surface area contributed by atoms with Crippen molar-refractivity contribution in [1.82, 2.24) is 8.61 Å². The van der Waals surface area contributed by atoms with Gasteiger partial charge in [0.1, 0.15) is 0 Å². The normalized spacial score (nSPS) is 18.5. The largest absolute Gasteiger partial charge is 0.478 e. The molecule has 2 aromatic rings. The summed E-state index contributed by atoms with van der Waals surface area (Å²) < 4.78 is 28.9. The lowest BCUT2D eigenvalue weighted by Gasteiger charge is -2.34. The maximum Gasteiger partial charge on any atom is 0.335 e. The molecule has 1 atom stereocenters. The zero-order valence-corrected chi connectivity index (χ0v) is 16.1. The molecule has 0 aliphatic carbocycles. The SMILES string of the molecule is CN(Cc1ccccc1)S(=O)(=O)N1CCC[C@H](c2cccc(C(=O)O)c2)C1. The second-order valence-electron chi connectivity index (χ2n) is 6.88. The van der Waals surface area contributed by atoms with Crippen molar-refractivity contribution in [3.8, 4) is 0 Å². The summed E-state index contributed by atoms with van der Waals surface area (Å²) in [4.78, 5) is 11.2. The van der Waals surface area contributed by atoms with Crippen LogP contribution in [-0.4, -0.2) is 48.2 Å². The average molecular weight is 388 g/mol. The molecule has 0 spiro atoms. The van der Waals surface area contributed by atoms with Gasteiger partial charge in [-0.05, 0) is 42.0 Å². The number of piperidine rings is 1. The maximum atomic E-state index is 13.0. The van der Waals surface area contributed by atoms with Crippen molar-refractivity contribution in [3.05, 3.63) is 71.3 Å². The van der Waals surface area contributed by atoms with Crippen LogP contribution in [0.5, 0.6) is 0 Å². The van der Waals surface area contributed by atoms with Gasteiger partial charge in [0.25, 0.3) is 10.2 Å². The van der Waals surface area contributed by atoms with Gasteiger partial charge in [0, 0.05) is 26.7 Å². The lowest BCUT2D eigenvalue weighted by Crippen LogP contribution is -2.45. The standard InChI is InChI=1S/C20H24N2O4S/c1-21(14-16-7-3-2-4-8-16)27(25,26)22-12-6-11-19(15-22)17-9-5-10-18(13-17)20(23)24/h2-5,7-10,13,19H,6,11-12,14-15H2,1H3,(H,23,24)/t19-/m0/s1. The molecule has 1 heterocycles. The molecule has 27 heavy (non-hydrogen) atoms. The van der Waals surface area contributed by atoms with Crippen LogP contribution in [0.15, 0.2) is 54.6 Å². The van der Waals surface area contributed by atoms with Crippen molar-refractivity contribution in [2.75, 3.05) is 20.1 Å². The van der Waals surface area contributed by atoms with Crippen LogP contribution in [0.2, 0.25) is 0 Å². The first kappa shape index (κ1) is 19.5. The van der Waals surface area contributed by atoms with Crippen LogP contribution >= 0.6 is 0 Å². The van der Waals surface area contributed by atoms with Crippen LogP contribution in [0, 0.1) is 0 Å². The van der Waals surface area contributed by atoms with E-state index in [2.05, 4.69) is 0 Å². The summed E-state index contributed by atoms with van der Waals surface area (Å²) >= 11 is 0. The number of rotatable bonds is 6. The molecule has 2 aromatic carbocycles. The van der Waals surface area contributed by atoms with Crippen LogP contribution < -0.4 is 0 Å². The maximum absolute atomic E-state index is 13.0. The summed E-state index contributed by atoms with van der Waals surface area (Å²) in [6, 6.07) is 16.3. The summed E-state index contributed by atoms with van der Waals surface area (Å²) in [5.74, 6) is -0.974. The van der Waals surface area contributed by atoms with E-state index < -0.39 is 16.2 Å². The molecule has 1 aliphatic heterocycles. The highest BCUT2D eigenvalue weighted by Crippen LogP contribution is 2.29. The molecule has 7 heteroatoms. The third kappa shape index (κ3) is 4.55. The molecule has 0 unspecified atom stereocenters. The molecule has 0 aromatic heterocycles. The third-order valence-electron chi connectivity index (χ3n) is 4.96. The summed E-state index contributed by atoms with van der Waals surface area (Å²) in [6.07, 6.45) is 1.60. The Labute approximate surface area is 160 Å². The number of benzene rings is 2. The van der Waals surface area contributed by atoms with Crippen molar-refractivity contribution in [2.24, 2.45) is 0 Å². The molecule has 1 saturated heterocycles. The summed E-state index contributed by atoms with van der Waals surface area (Å²) in [7, 11) is -1.98. The zero-order chi connectivity index (χ0) is 19.4. The molecule has 0 bridgehead atoms. The van der Waals surface area contributed by atoms with Gasteiger partial charge in [0.15, 0.2) is 0 Å². The molecular weight excluding hydrogens is 364 g/mol. The fourth-order valence-electron chi connectivity index (χ4n) is 3.47. The van der Waals surface area contributed by atoms with Crippen LogP contribution in [0.3, 0.4) is 0 Å². The topological polar surface area (TPSA) is 77.9 Å².